The van der Waals surface area contributed by atoms with E-state index < -0.39 is 5.82 Å². The number of aliphatic hydroxyl groups excluding tert-OH is 1. The smallest absolute Gasteiger partial charge is 0.319 e. The van der Waals surface area contributed by atoms with Crippen molar-refractivity contribution in [3.8, 4) is 23.0 Å². The molecule has 2 aromatic carbocycles. The highest BCUT2D eigenvalue weighted by Gasteiger charge is 2.45. The van der Waals surface area contributed by atoms with Crippen LogP contribution in [0.3, 0.4) is 0 Å². The first-order valence-electron chi connectivity index (χ1n) is 13.9. The van der Waals surface area contributed by atoms with Gasteiger partial charge >= 0.3 is 6.01 Å². The Morgan fingerprint density at radius 2 is 1.87 bits per heavy atom. The quantitative estimate of drug-likeness (QED) is 0.377. The normalized spacial score (nSPS) is 20.8. The monoisotopic (exact) mass is 529 g/mol. The van der Waals surface area contributed by atoms with Crippen LogP contribution in [0.4, 0.5) is 10.2 Å². The topological polar surface area (TPSA) is 94.8 Å². The molecule has 0 saturated carbocycles. The lowest BCUT2D eigenvalue weighted by molar-refractivity contribution is 0.108. The van der Waals surface area contributed by atoms with Crippen LogP contribution >= 0.6 is 0 Å². The SMILES string of the molecule is OCC1CCN(c2nc(OCC34CCCN3CCC4)nc3c(F)c(-c4cc(O)cc5ccccc45)ncc23)C1. The van der Waals surface area contributed by atoms with Crippen LogP contribution in [0.15, 0.2) is 42.6 Å². The van der Waals surface area contributed by atoms with Crippen LogP contribution in [0.1, 0.15) is 32.1 Å². The second kappa shape index (κ2) is 9.57. The van der Waals surface area contributed by atoms with Crippen molar-refractivity contribution in [3.63, 3.8) is 0 Å². The van der Waals surface area contributed by atoms with Crippen molar-refractivity contribution in [2.45, 2.75) is 37.6 Å². The second-order valence-corrected chi connectivity index (χ2v) is 11.2. The van der Waals surface area contributed by atoms with Crippen molar-refractivity contribution in [2.24, 2.45) is 5.92 Å². The van der Waals surface area contributed by atoms with Gasteiger partial charge in [0, 0.05) is 37.4 Å². The number of hydrogen-bond acceptors (Lipinski definition) is 8. The molecule has 7 rings (SSSR count). The first kappa shape index (κ1) is 24.5. The zero-order valence-corrected chi connectivity index (χ0v) is 21.8. The zero-order valence-electron chi connectivity index (χ0n) is 21.8. The summed E-state index contributed by atoms with van der Waals surface area (Å²) < 4.78 is 22.7. The predicted octanol–water partition coefficient (Wildman–Crippen LogP) is 4.52. The predicted molar refractivity (Wildman–Crippen MR) is 148 cm³/mol. The van der Waals surface area contributed by atoms with Gasteiger partial charge in [-0.15, -0.1) is 0 Å². The number of rotatable bonds is 6. The van der Waals surface area contributed by atoms with Gasteiger partial charge in [-0.3, -0.25) is 9.88 Å². The van der Waals surface area contributed by atoms with Gasteiger partial charge < -0.3 is 19.8 Å². The standard InChI is InChI=1S/C30H32FN5O3/c31-25-26(23-14-21(38)13-20-5-1-2-6-22(20)23)32-15-24-27(25)33-29(34-28(24)35-12-7-19(16-35)17-37)39-18-30-8-3-10-36(30)11-4-9-30/h1-2,5-6,13-15,19,37-38H,3-4,7-12,16-18H2. The van der Waals surface area contributed by atoms with Gasteiger partial charge in [0.2, 0.25) is 0 Å². The van der Waals surface area contributed by atoms with Crippen molar-refractivity contribution in [1.82, 2.24) is 19.9 Å². The van der Waals surface area contributed by atoms with E-state index in [4.69, 9.17) is 9.72 Å². The Labute approximate surface area is 226 Å². The summed E-state index contributed by atoms with van der Waals surface area (Å²) in [5.74, 6) is 0.189. The number of benzene rings is 2. The van der Waals surface area contributed by atoms with E-state index in [2.05, 4.69) is 19.8 Å². The Morgan fingerprint density at radius 1 is 1.05 bits per heavy atom. The number of phenolic OH excluding ortho intramolecular Hbond substituents is 1. The van der Waals surface area contributed by atoms with Gasteiger partial charge in [0.25, 0.3) is 0 Å². The number of nitrogens with zero attached hydrogens (tertiary/aromatic N) is 5. The van der Waals surface area contributed by atoms with Gasteiger partial charge in [0.05, 0.1) is 10.9 Å². The molecular weight excluding hydrogens is 497 g/mol. The Balaban J connectivity index is 1.34. The zero-order chi connectivity index (χ0) is 26.6. The molecule has 1 unspecified atom stereocenters. The van der Waals surface area contributed by atoms with Crippen molar-refractivity contribution in [2.75, 3.05) is 44.3 Å². The molecule has 2 aromatic heterocycles. The molecule has 4 aromatic rings. The molecule has 0 spiro atoms. The molecule has 3 fully saturated rings. The van der Waals surface area contributed by atoms with E-state index in [1.165, 1.54) is 0 Å². The van der Waals surface area contributed by atoms with E-state index in [1.807, 2.05) is 24.3 Å². The summed E-state index contributed by atoms with van der Waals surface area (Å²) >= 11 is 0. The highest BCUT2D eigenvalue weighted by Crippen LogP contribution is 2.40. The molecule has 3 saturated heterocycles. The van der Waals surface area contributed by atoms with Crippen molar-refractivity contribution in [3.05, 3.63) is 48.4 Å². The highest BCUT2D eigenvalue weighted by molar-refractivity contribution is 5.99. The molecule has 39 heavy (non-hydrogen) atoms. The van der Waals surface area contributed by atoms with Gasteiger partial charge in [0.1, 0.15) is 29.4 Å². The lowest BCUT2D eigenvalue weighted by Crippen LogP contribution is -2.43. The molecule has 0 aliphatic carbocycles. The first-order valence-corrected chi connectivity index (χ1v) is 13.9. The van der Waals surface area contributed by atoms with Gasteiger partial charge in [-0.25, -0.2) is 4.39 Å². The molecule has 8 nitrogen and oxygen atoms in total. The largest absolute Gasteiger partial charge is 0.508 e. The van der Waals surface area contributed by atoms with Gasteiger partial charge in [-0.1, -0.05) is 24.3 Å². The van der Waals surface area contributed by atoms with Gasteiger partial charge in [-0.2, -0.15) is 9.97 Å². The number of phenols is 1. The number of halogens is 1. The Kier molecular flexibility index (Phi) is 6.01. The van der Waals surface area contributed by atoms with E-state index in [-0.39, 0.29) is 41.0 Å². The maximum Gasteiger partial charge on any atom is 0.319 e. The van der Waals surface area contributed by atoms with Crippen LogP contribution in [0.5, 0.6) is 11.8 Å². The third-order valence-corrected chi connectivity index (χ3v) is 8.87. The number of aliphatic hydroxyl groups is 1. The van der Waals surface area contributed by atoms with Crippen molar-refractivity contribution < 1.29 is 19.3 Å². The summed E-state index contributed by atoms with van der Waals surface area (Å²) in [6.07, 6.45) is 6.94. The van der Waals surface area contributed by atoms with Crippen LogP contribution in [0.25, 0.3) is 32.9 Å². The molecule has 202 valence electrons. The maximum absolute atomic E-state index is 16.4. The van der Waals surface area contributed by atoms with E-state index in [1.54, 1.807) is 18.3 Å². The lowest BCUT2D eigenvalue weighted by Gasteiger charge is -2.31. The number of ether oxygens (including phenoxy) is 1. The molecule has 0 amide bonds. The van der Waals surface area contributed by atoms with Crippen molar-refractivity contribution in [1.29, 1.82) is 0 Å². The summed E-state index contributed by atoms with van der Waals surface area (Å²) in [4.78, 5) is 18.5. The minimum atomic E-state index is -0.573. The fraction of sp³-hybridized carbons (Fsp3) is 0.433. The molecule has 1 atom stereocenters. The third kappa shape index (κ3) is 4.15. The summed E-state index contributed by atoms with van der Waals surface area (Å²) in [5, 5.41) is 22.2. The van der Waals surface area contributed by atoms with Crippen LogP contribution in [-0.2, 0) is 0 Å². The van der Waals surface area contributed by atoms with E-state index in [0.29, 0.717) is 36.5 Å². The lowest BCUT2D eigenvalue weighted by atomic mass is 9.95. The highest BCUT2D eigenvalue weighted by atomic mass is 19.1. The van der Waals surface area contributed by atoms with E-state index >= 15 is 4.39 Å². The Morgan fingerprint density at radius 3 is 2.67 bits per heavy atom. The summed E-state index contributed by atoms with van der Waals surface area (Å²) in [6, 6.07) is 10.9. The number of aromatic nitrogens is 3. The molecule has 0 radical (unpaired) electrons. The molecule has 5 heterocycles. The molecular formula is C30H32FN5O3. The molecule has 3 aliphatic rings. The first-order chi connectivity index (χ1) is 19.0. The Bertz CT molecular complexity index is 1550. The fourth-order valence-electron chi connectivity index (χ4n) is 6.84. The van der Waals surface area contributed by atoms with Gasteiger partial charge in [-0.05, 0) is 68.1 Å². The van der Waals surface area contributed by atoms with Gasteiger partial charge in [0.15, 0.2) is 5.82 Å². The van der Waals surface area contributed by atoms with Crippen LogP contribution in [-0.4, -0.2) is 75.0 Å². The number of pyridine rings is 1. The average molecular weight is 530 g/mol. The summed E-state index contributed by atoms with van der Waals surface area (Å²) in [5.41, 5.74) is 0.778. The summed E-state index contributed by atoms with van der Waals surface area (Å²) in [7, 11) is 0. The van der Waals surface area contributed by atoms with E-state index in [9.17, 15) is 10.2 Å². The average Bonchev–Trinajstić information content (AvgIpc) is 3.68. The van der Waals surface area contributed by atoms with Crippen LogP contribution < -0.4 is 9.64 Å². The Hall–Kier alpha value is -3.56. The minimum Gasteiger partial charge on any atom is -0.508 e. The number of fused-ring (bicyclic) bond motifs is 3. The number of hydrogen-bond donors (Lipinski definition) is 2. The maximum atomic E-state index is 16.4. The molecule has 3 aliphatic heterocycles. The summed E-state index contributed by atoms with van der Waals surface area (Å²) in [6.45, 7) is 4.09. The van der Waals surface area contributed by atoms with E-state index in [0.717, 1.165) is 56.0 Å². The number of aromatic hydroxyl groups is 1. The molecule has 2 N–H and O–H groups in total. The van der Waals surface area contributed by atoms with Crippen LogP contribution in [0, 0.1) is 11.7 Å². The van der Waals surface area contributed by atoms with Crippen LogP contribution in [0.2, 0.25) is 0 Å². The fourth-order valence-corrected chi connectivity index (χ4v) is 6.84. The molecule has 9 heteroatoms. The van der Waals surface area contributed by atoms with Crippen molar-refractivity contribution >= 4 is 27.5 Å². The number of anilines is 1. The minimum absolute atomic E-state index is 0.0105. The molecule has 0 bridgehead atoms. The second-order valence-electron chi connectivity index (χ2n) is 11.2. The third-order valence-electron chi connectivity index (χ3n) is 8.87.